The Morgan fingerprint density at radius 2 is 1.70 bits per heavy atom. The summed E-state index contributed by atoms with van der Waals surface area (Å²) in [5.74, 6) is -4.31. The van der Waals surface area contributed by atoms with Crippen LogP contribution in [-0.2, 0) is 23.7 Å². The van der Waals surface area contributed by atoms with E-state index < -0.39 is 41.7 Å². The predicted octanol–water partition coefficient (Wildman–Crippen LogP) is 5.63. The van der Waals surface area contributed by atoms with E-state index in [0.29, 0.717) is 66.8 Å². The minimum absolute atomic E-state index is 0.00671. The molecule has 3 saturated heterocycles. The number of hydrogen-bond donors (Lipinski definition) is 4. The van der Waals surface area contributed by atoms with Crippen LogP contribution < -0.4 is 36.5 Å². The molecule has 10 rings (SSSR count). The number of hydrogen-bond acceptors (Lipinski definition) is 12. The standard InChI is InChI=1S/C45H51F4N11O4/c1-24-21-50-43(55-39(24)52-32-19-30-33(20-31(32)46)57(2)41(63)38-37(30)54-42(51-27-5-6-27)45(48,49)23-64-38)60-16-12-44(47,13-17-60)22-59-14-10-25(11-15-59)26-4-7-28-34(18-26)58(3)56-36(28)29-8-9-35(61)53-40(29)62/h4,7,18-21,25,27,29,42,51,54H,5-6,8-17,22-23H2,1-3H3,(H,50,52,55)(H,53,61,62). The Balaban J connectivity index is 0.787. The number of likely N-dealkylation sites (tertiary alicyclic amines) is 1. The minimum atomic E-state index is -3.34. The smallest absolute Gasteiger partial charge is 0.313 e. The van der Waals surface area contributed by atoms with Crippen molar-refractivity contribution >= 4 is 56.8 Å². The topological polar surface area (TPSA) is 164 Å². The summed E-state index contributed by atoms with van der Waals surface area (Å²) in [5, 5.41) is 17.2. The van der Waals surface area contributed by atoms with E-state index in [1.165, 1.54) is 29.3 Å². The second-order valence-electron chi connectivity index (χ2n) is 18.3. The number of nitrogens with zero attached hydrogens (tertiary/aromatic N) is 7. The Labute approximate surface area is 365 Å². The third-order valence-electron chi connectivity index (χ3n) is 13.7. The second-order valence-corrected chi connectivity index (χ2v) is 18.3. The van der Waals surface area contributed by atoms with Crippen molar-refractivity contribution in [3.63, 3.8) is 0 Å². The number of carbonyl (C=O) groups is 2. The van der Waals surface area contributed by atoms with Gasteiger partial charge in [-0.1, -0.05) is 12.1 Å². The van der Waals surface area contributed by atoms with Crippen molar-refractivity contribution in [2.24, 2.45) is 14.1 Å². The van der Waals surface area contributed by atoms with Crippen LogP contribution in [0.3, 0.4) is 0 Å². The van der Waals surface area contributed by atoms with Gasteiger partial charge in [0.1, 0.15) is 23.5 Å². The lowest BCUT2D eigenvalue weighted by Gasteiger charge is -2.41. The average molecular weight is 886 g/mol. The van der Waals surface area contributed by atoms with Gasteiger partial charge in [0.15, 0.2) is 6.61 Å². The summed E-state index contributed by atoms with van der Waals surface area (Å²) < 4.78 is 71.2. The third kappa shape index (κ3) is 7.90. The molecule has 2 aromatic carbocycles. The maximum absolute atomic E-state index is 16.5. The molecule has 338 valence electrons. The number of carbonyl (C=O) groups excluding carboxylic acids is 2. The van der Waals surface area contributed by atoms with Crippen molar-refractivity contribution in [3.05, 3.63) is 69.5 Å². The fourth-order valence-electron chi connectivity index (χ4n) is 9.75. The molecule has 15 nitrogen and oxygen atoms in total. The highest BCUT2D eigenvalue weighted by atomic mass is 19.3. The molecule has 5 aromatic rings. The number of aryl methyl sites for hydroxylation is 3. The summed E-state index contributed by atoms with van der Waals surface area (Å²) in [6, 6.07) is 8.85. The van der Waals surface area contributed by atoms with Gasteiger partial charge in [-0.25, -0.2) is 13.8 Å². The summed E-state index contributed by atoms with van der Waals surface area (Å²) in [6.07, 6.45) is 4.71. The first kappa shape index (κ1) is 42.1. The second kappa shape index (κ2) is 16.0. The molecule has 1 saturated carbocycles. The zero-order valence-corrected chi connectivity index (χ0v) is 35.9. The molecule has 0 bridgehead atoms. The van der Waals surface area contributed by atoms with E-state index in [9.17, 15) is 14.4 Å². The number of benzene rings is 2. The molecule has 5 aliphatic rings. The number of pyridine rings is 1. The summed E-state index contributed by atoms with van der Waals surface area (Å²) in [5.41, 5.74) is 1.64. The van der Waals surface area contributed by atoms with E-state index >= 15 is 17.6 Å². The number of fused-ring (bicyclic) bond motifs is 4. The average Bonchev–Trinajstić information content (AvgIpc) is 4.06. The molecule has 2 unspecified atom stereocenters. The summed E-state index contributed by atoms with van der Waals surface area (Å²) >= 11 is 0. The molecule has 4 N–H and O–H groups in total. The fourth-order valence-corrected chi connectivity index (χ4v) is 9.75. The molecule has 2 amide bonds. The van der Waals surface area contributed by atoms with Crippen LogP contribution in [0.25, 0.3) is 21.8 Å². The first-order valence-corrected chi connectivity index (χ1v) is 22.1. The molecule has 19 heteroatoms. The Morgan fingerprint density at radius 3 is 2.44 bits per heavy atom. The number of piperidine rings is 3. The number of rotatable bonds is 9. The number of imide groups is 1. The van der Waals surface area contributed by atoms with Crippen molar-refractivity contribution in [1.29, 1.82) is 0 Å². The number of halogens is 4. The Bertz CT molecular complexity index is 2740. The van der Waals surface area contributed by atoms with Crippen LogP contribution in [0.4, 0.5) is 40.7 Å². The third-order valence-corrected chi connectivity index (χ3v) is 13.7. The Kier molecular flexibility index (Phi) is 10.5. The molecule has 4 fully saturated rings. The van der Waals surface area contributed by atoms with Gasteiger partial charge in [-0.15, -0.1) is 0 Å². The van der Waals surface area contributed by atoms with Gasteiger partial charge < -0.3 is 29.7 Å². The van der Waals surface area contributed by atoms with Gasteiger partial charge in [0.05, 0.1) is 34.0 Å². The predicted molar refractivity (Wildman–Crippen MR) is 233 cm³/mol. The molecule has 3 aromatic heterocycles. The van der Waals surface area contributed by atoms with Crippen molar-refractivity contribution in [1.82, 2.24) is 39.8 Å². The van der Waals surface area contributed by atoms with Gasteiger partial charge in [-0.3, -0.25) is 29.7 Å². The van der Waals surface area contributed by atoms with E-state index in [1.807, 2.05) is 18.0 Å². The van der Waals surface area contributed by atoms with Gasteiger partial charge in [0.25, 0.3) is 5.56 Å². The van der Waals surface area contributed by atoms with Crippen LogP contribution in [0.1, 0.15) is 80.0 Å². The van der Waals surface area contributed by atoms with Crippen LogP contribution in [0.2, 0.25) is 0 Å². The highest BCUT2D eigenvalue weighted by Gasteiger charge is 2.46. The summed E-state index contributed by atoms with van der Waals surface area (Å²) in [4.78, 5) is 51.0. The highest BCUT2D eigenvalue weighted by molar-refractivity contribution is 6.02. The van der Waals surface area contributed by atoms with Crippen LogP contribution >= 0.6 is 0 Å². The van der Waals surface area contributed by atoms with E-state index in [2.05, 4.69) is 48.4 Å². The van der Waals surface area contributed by atoms with E-state index in [1.54, 1.807) is 17.8 Å². The number of alkyl halides is 3. The maximum Gasteiger partial charge on any atom is 0.313 e. The molecular formula is C45H51F4N11O4. The first-order chi connectivity index (χ1) is 30.6. The molecule has 0 radical (unpaired) electrons. The molecule has 7 heterocycles. The molecular weight excluding hydrogens is 835 g/mol. The minimum Gasteiger partial charge on any atom is -0.480 e. The van der Waals surface area contributed by atoms with E-state index in [0.717, 1.165) is 49.7 Å². The lowest BCUT2D eigenvalue weighted by molar-refractivity contribution is -0.134. The van der Waals surface area contributed by atoms with E-state index in [-0.39, 0.29) is 53.3 Å². The van der Waals surface area contributed by atoms with E-state index in [4.69, 9.17) is 9.72 Å². The Hall–Kier alpha value is -5.82. The number of nitrogens with one attached hydrogen (secondary N) is 4. The number of aromatic nitrogens is 5. The zero-order valence-electron chi connectivity index (χ0n) is 35.9. The van der Waals surface area contributed by atoms with Crippen molar-refractivity contribution in [2.75, 3.05) is 54.9 Å². The monoisotopic (exact) mass is 885 g/mol. The van der Waals surface area contributed by atoms with Crippen LogP contribution in [0.15, 0.2) is 41.3 Å². The SMILES string of the molecule is Cc1cnc(N2CCC(F)(CN3CCC(c4ccc5c(C6CCC(=O)NC6=O)nn(C)c5c4)CC3)CC2)nc1Nc1cc2c3c(c(=O)n(C)c2cc1F)OCC(F)(F)C(NC1CC1)N3. The van der Waals surface area contributed by atoms with Crippen LogP contribution in [0.5, 0.6) is 5.75 Å². The quantitative estimate of drug-likeness (QED) is 0.107. The van der Waals surface area contributed by atoms with Gasteiger partial charge >= 0.3 is 5.92 Å². The zero-order chi connectivity index (χ0) is 44.7. The normalized spacial score (nSPS) is 22.8. The molecule has 1 aliphatic carbocycles. The lowest BCUT2D eigenvalue weighted by atomic mass is 9.86. The van der Waals surface area contributed by atoms with Gasteiger partial charge in [0, 0.05) is 87.6 Å². The summed E-state index contributed by atoms with van der Waals surface area (Å²) in [7, 11) is 3.31. The molecule has 64 heavy (non-hydrogen) atoms. The molecule has 2 atom stereocenters. The van der Waals surface area contributed by atoms with Gasteiger partial charge in [0.2, 0.25) is 23.5 Å². The van der Waals surface area contributed by atoms with Gasteiger partial charge in [-0.2, -0.15) is 18.9 Å². The summed E-state index contributed by atoms with van der Waals surface area (Å²) in [6.45, 7) is 3.40. The van der Waals surface area contributed by atoms with Crippen molar-refractivity contribution in [2.45, 2.75) is 93.9 Å². The largest absolute Gasteiger partial charge is 0.480 e. The van der Waals surface area contributed by atoms with Gasteiger partial charge in [-0.05, 0) is 75.7 Å². The number of anilines is 4. The van der Waals surface area contributed by atoms with Crippen LogP contribution in [0, 0.1) is 12.7 Å². The number of amides is 2. The Morgan fingerprint density at radius 1 is 0.938 bits per heavy atom. The van der Waals surface area contributed by atoms with Crippen LogP contribution in [-0.4, -0.2) is 104 Å². The molecule has 4 aliphatic heterocycles. The molecule has 0 spiro atoms. The van der Waals surface area contributed by atoms with Crippen molar-refractivity contribution < 1.29 is 31.9 Å². The highest BCUT2D eigenvalue weighted by Crippen LogP contribution is 2.40. The number of ether oxygens (including phenoxy) is 1. The first-order valence-electron chi connectivity index (χ1n) is 22.1. The fraction of sp³-hybridized carbons (Fsp3) is 0.511. The maximum atomic E-state index is 16.5. The van der Waals surface area contributed by atoms with Crippen molar-refractivity contribution in [3.8, 4) is 5.75 Å². The lowest BCUT2D eigenvalue weighted by Crippen LogP contribution is -2.52.